The second-order valence-electron chi connectivity index (χ2n) is 5.26. The number of hydrogen-bond acceptors (Lipinski definition) is 2. The molecule has 0 unspecified atom stereocenters. The molecule has 0 radical (unpaired) electrons. The van der Waals surface area contributed by atoms with Crippen LogP contribution in [-0.2, 0) is 6.54 Å². The molecule has 2 heteroatoms. The average molecular weight is 269 g/mol. The van der Waals surface area contributed by atoms with Gasteiger partial charge in [0.15, 0.2) is 0 Å². The maximum absolute atomic E-state index is 6.13. The molecule has 0 fully saturated rings. The van der Waals surface area contributed by atoms with E-state index >= 15 is 0 Å². The lowest BCUT2D eigenvalue weighted by Crippen LogP contribution is -2.12. The van der Waals surface area contributed by atoms with Crippen LogP contribution in [0.2, 0.25) is 0 Å². The molecule has 0 aliphatic rings. The third-order valence-corrected chi connectivity index (χ3v) is 3.35. The molecule has 0 heterocycles. The zero-order valence-corrected chi connectivity index (χ0v) is 12.8. The Morgan fingerprint density at radius 1 is 0.900 bits per heavy atom. The molecule has 106 valence electrons. The van der Waals surface area contributed by atoms with Crippen LogP contribution in [0.25, 0.3) is 0 Å². The predicted molar refractivity (Wildman–Crippen MR) is 84.5 cm³/mol. The van der Waals surface area contributed by atoms with Crippen LogP contribution in [0.15, 0.2) is 36.4 Å². The predicted octanol–water partition coefficient (Wildman–Crippen LogP) is 4.51. The van der Waals surface area contributed by atoms with Crippen molar-refractivity contribution in [2.24, 2.45) is 0 Å². The second kappa shape index (κ2) is 6.58. The lowest BCUT2D eigenvalue weighted by molar-refractivity contribution is 0.469. The van der Waals surface area contributed by atoms with Crippen LogP contribution in [0.4, 0.5) is 0 Å². The van der Waals surface area contributed by atoms with Gasteiger partial charge in [-0.3, -0.25) is 0 Å². The molecule has 2 aromatic rings. The van der Waals surface area contributed by atoms with Crippen molar-refractivity contribution in [2.45, 2.75) is 34.2 Å². The topological polar surface area (TPSA) is 21.3 Å². The summed E-state index contributed by atoms with van der Waals surface area (Å²) >= 11 is 0. The van der Waals surface area contributed by atoms with Crippen LogP contribution >= 0.6 is 0 Å². The maximum atomic E-state index is 6.13. The van der Waals surface area contributed by atoms with Crippen molar-refractivity contribution in [1.29, 1.82) is 0 Å². The highest BCUT2D eigenvalue weighted by molar-refractivity contribution is 5.43. The minimum atomic E-state index is 0.832. The summed E-state index contributed by atoms with van der Waals surface area (Å²) in [5.74, 6) is 1.87. The molecule has 0 amide bonds. The smallest absolute Gasteiger partial charge is 0.131 e. The van der Waals surface area contributed by atoms with Crippen LogP contribution in [0.3, 0.4) is 0 Å². The highest BCUT2D eigenvalue weighted by Gasteiger charge is 2.07. The summed E-state index contributed by atoms with van der Waals surface area (Å²) in [6, 6.07) is 12.6. The fourth-order valence-corrected chi connectivity index (χ4v) is 2.14. The third-order valence-electron chi connectivity index (χ3n) is 3.35. The Labute approximate surface area is 121 Å². The Morgan fingerprint density at radius 2 is 1.60 bits per heavy atom. The zero-order chi connectivity index (χ0) is 14.5. The first-order chi connectivity index (χ1) is 9.60. The molecule has 0 saturated heterocycles. The number of aryl methyl sites for hydroxylation is 3. The molecule has 0 aliphatic carbocycles. The largest absolute Gasteiger partial charge is 0.457 e. The number of benzene rings is 2. The minimum Gasteiger partial charge on any atom is -0.457 e. The van der Waals surface area contributed by atoms with Crippen LogP contribution in [0.5, 0.6) is 11.5 Å². The molecule has 0 spiro atoms. The van der Waals surface area contributed by atoms with E-state index in [4.69, 9.17) is 4.74 Å². The van der Waals surface area contributed by atoms with Crippen molar-refractivity contribution in [3.63, 3.8) is 0 Å². The van der Waals surface area contributed by atoms with Crippen LogP contribution in [0.1, 0.15) is 29.2 Å². The van der Waals surface area contributed by atoms with E-state index in [1.165, 1.54) is 16.7 Å². The van der Waals surface area contributed by atoms with Gasteiger partial charge in [0, 0.05) is 12.1 Å². The van der Waals surface area contributed by atoms with Gasteiger partial charge in [0.05, 0.1) is 0 Å². The molecule has 0 atom stereocenters. The molecule has 1 N–H and O–H groups in total. The van der Waals surface area contributed by atoms with Crippen LogP contribution in [-0.4, -0.2) is 6.54 Å². The van der Waals surface area contributed by atoms with E-state index in [0.29, 0.717) is 0 Å². The third kappa shape index (κ3) is 3.61. The van der Waals surface area contributed by atoms with Gasteiger partial charge in [0.2, 0.25) is 0 Å². The number of nitrogens with one attached hydrogen (secondary N) is 1. The molecule has 2 nitrogen and oxygen atoms in total. The Bertz CT molecular complexity index is 590. The van der Waals surface area contributed by atoms with Crippen molar-refractivity contribution >= 4 is 0 Å². The van der Waals surface area contributed by atoms with E-state index in [2.05, 4.69) is 69.4 Å². The number of hydrogen-bond donors (Lipinski definition) is 1. The first kappa shape index (κ1) is 14.6. The van der Waals surface area contributed by atoms with E-state index in [-0.39, 0.29) is 0 Å². The molecule has 2 aromatic carbocycles. The van der Waals surface area contributed by atoms with Crippen LogP contribution in [0, 0.1) is 20.8 Å². The summed E-state index contributed by atoms with van der Waals surface area (Å²) in [4.78, 5) is 0. The first-order valence-electron chi connectivity index (χ1n) is 7.15. The number of rotatable bonds is 5. The van der Waals surface area contributed by atoms with Gasteiger partial charge in [0.25, 0.3) is 0 Å². The maximum Gasteiger partial charge on any atom is 0.131 e. The van der Waals surface area contributed by atoms with Crippen molar-refractivity contribution in [3.05, 3.63) is 58.7 Å². The van der Waals surface area contributed by atoms with E-state index in [0.717, 1.165) is 30.2 Å². The quantitative estimate of drug-likeness (QED) is 0.862. The van der Waals surface area contributed by atoms with Crippen molar-refractivity contribution in [1.82, 2.24) is 5.32 Å². The van der Waals surface area contributed by atoms with Gasteiger partial charge in [0.1, 0.15) is 11.5 Å². The Morgan fingerprint density at radius 3 is 2.35 bits per heavy atom. The fourth-order valence-electron chi connectivity index (χ4n) is 2.14. The SMILES string of the molecule is CCNCc1cc(C)ccc1Oc1cc(C)ccc1C. The highest BCUT2D eigenvalue weighted by atomic mass is 16.5. The molecular formula is C18H23NO. The number of ether oxygens (including phenoxy) is 1. The Balaban J connectivity index is 2.30. The normalized spacial score (nSPS) is 10.6. The zero-order valence-electron chi connectivity index (χ0n) is 12.8. The summed E-state index contributed by atoms with van der Waals surface area (Å²) in [7, 11) is 0. The van der Waals surface area contributed by atoms with Gasteiger partial charge in [-0.25, -0.2) is 0 Å². The molecular weight excluding hydrogens is 246 g/mol. The van der Waals surface area contributed by atoms with Gasteiger partial charge < -0.3 is 10.1 Å². The summed E-state index contributed by atoms with van der Waals surface area (Å²) in [6.45, 7) is 10.2. The van der Waals surface area contributed by atoms with Crippen molar-refractivity contribution in [2.75, 3.05) is 6.54 Å². The van der Waals surface area contributed by atoms with Crippen molar-refractivity contribution < 1.29 is 4.74 Å². The van der Waals surface area contributed by atoms with E-state index < -0.39 is 0 Å². The van der Waals surface area contributed by atoms with Gasteiger partial charge >= 0.3 is 0 Å². The average Bonchev–Trinajstić information content (AvgIpc) is 2.43. The van der Waals surface area contributed by atoms with Crippen molar-refractivity contribution in [3.8, 4) is 11.5 Å². The van der Waals surface area contributed by atoms with Gasteiger partial charge in [-0.05, 0) is 50.6 Å². The van der Waals surface area contributed by atoms with E-state index in [9.17, 15) is 0 Å². The standard InChI is InChI=1S/C18H23NO/c1-5-19-12-16-10-13(2)7-9-17(16)20-18-11-14(3)6-8-15(18)4/h6-11,19H,5,12H2,1-4H3. The second-order valence-corrected chi connectivity index (χ2v) is 5.26. The molecule has 2 rings (SSSR count). The fraction of sp³-hybridized carbons (Fsp3) is 0.333. The molecule has 0 aromatic heterocycles. The summed E-state index contributed by atoms with van der Waals surface area (Å²) < 4.78 is 6.13. The molecule has 0 aliphatic heterocycles. The molecule has 0 saturated carbocycles. The highest BCUT2D eigenvalue weighted by Crippen LogP contribution is 2.29. The molecule has 20 heavy (non-hydrogen) atoms. The summed E-state index contributed by atoms with van der Waals surface area (Å²) in [5, 5.41) is 3.36. The minimum absolute atomic E-state index is 0.832. The van der Waals surface area contributed by atoms with Gasteiger partial charge in [-0.1, -0.05) is 36.8 Å². The lowest BCUT2D eigenvalue weighted by Gasteiger charge is -2.14. The van der Waals surface area contributed by atoms with Crippen LogP contribution < -0.4 is 10.1 Å². The first-order valence-corrected chi connectivity index (χ1v) is 7.15. The lowest BCUT2D eigenvalue weighted by atomic mass is 10.1. The van der Waals surface area contributed by atoms with Gasteiger partial charge in [-0.2, -0.15) is 0 Å². The Hall–Kier alpha value is -1.80. The summed E-state index contributed by atoms with van der Waals surface area (Å²) in [5.41, 5.74) is 4.83. The summed E-state index contributed by atoms with van der Waals surface area (Å²) in [6.07, 6.45) is 0. The van der Waals surface area contributed by atoms with E-state index in [1.807, 2.05) is 0 Å². The molecule has 0 bridgehead atoms. The Kier molecular flexibility index (Phi) is 4.80. The van der Waals surface area contributed by atoms with E-state index in [1.54, 1.807) is 0 Å². The monoisotopic (exact) mass is 269 g/mol. The van der Waals surface area contributed by atoms with Gasteiger partial charge in [-0.15, -0.1) is 0 Å².